The Kier molecular flexibility index (Phi) is 15.8. The van der Waals surface area contributed by atoms with E-state index >= 15 is 0 Å². The zero-order valence-corrected chi connectivity index (χ0v) is 35.7. The zero-order chi connectivity index (χ0) is 46.2. The van der Waals surface area contributed by atoms with Crippen LogP contribution >= 0.6 is 0 Å². The summed E-state index contributed by atoms with van der Waals surface area (Å²) in [7, 11) is -2.33. The second kappa shape index (κ2) is 20.8. The van der Waals surface area contributed by atoms with Gasteiger partial charge >= 0.3 is 5.97 Å². The third-order valence-electron chi connectivity index (χ3n) is 10.4. The van der Waals surface area contributed by atoms with Crippen LogP contribution in [0.2, 0.25) is 0 Å². The highest BCUT2D eigenvalue weighted by molar-refractivity contribution is 7.92. The molecule has 1 aliphatic rings. The third-order valence-corrected chi connectivity index (χ3v) is 11.5. The summed E-state index contributed by atoms with van der Waals surface area (Å²) in [5.41, 5.74) is 3.84. The van der Waals surface area contributed by atoms with Crippen LogP contribution in [0.25, 0.3) is 17.3 Å². The number of aromatic hydroxyl groups is 1. The van der Waals surface area contributed by atoms with Gasteiger partial charge in [0.05, 0.1) is 54.3 Å². The molecule has 1 aromatic heterocycles. The molecule has 6 rings (SSSR count). The van der Waals surface area contributed by atoms with Gasteiger partial charge in [-0.15, -0.1) is 0 Å². The second-order valence-electron chi connectivity index (χ2n) is 15.4. The summed E-state index contributed by atoms with van der Waals surface area (Å²) in [6.45, 7) is 3.71. The Balaban J connectivity index is 0.000000238. The van der Waals surface area contributed by atoms with Gasteiger partial charge in [-0.25, -0.2) is 35.9 Å². The third kappa shape index (κ3) is 12.5. The van der Waals surface area contributed by atoms with E-state index in [1.165, 1.54) is 79.9 Å². The van der Waals surface area contributed by atoms with Gasteiger partial charge in [-0.3, -0.25) is 9.59 Å². The van der Waals surface area contributed by atoms with Gasteiger partial charge in [0, 0.05) is 30.3 Å². The number of hydrogen-bond acceptors (Lipinski definition) is 10. The van der Waals surface area contributed by atoms with Crippen molar-refractivity contribution < 1.29 is 56.7 Å². The van der Waals surface area contributed by atoms with Gasteiger partial charge in [-0.05, 0) is 103 Å². The number of aliphatic hydroxyl groups excluding tert-OH is 3. The summed E-state index contributed by atoms with van der Waals surface area (Å²) in [5.74, 6) is -2.97. The summed E-state index contributed by atoms with van der Waals surface area (Å²) in [5, 5.41) is 48.8. The molecule has 17 heteroatoms. The number of carboxylic acid groups (broad SMARTS) is 1. The molecule has 5 atom stereocenters. The van der Waals surface area contributed by atoms with E-state index in [2.05, 4.69) is 9.97 Å². The molecule has 1 saturated heterocycles. The lowest BCUT2D eigenvalue weighted by Crippen LogP contribution is -2.55. The van der Waals surface area contributed by atoms with Crippen molar-refractivity contribution in [1.29, 1.82) is 0 Å². The Morgan fingerprint density at radius 3 is 1.95 bits per heavy atom. The largest absolute Gasteiger partial charge is 0.508 e. The van der Waals surface area contributed by atoms with Crippen LogP contribution in [0.3, 0.4) is 0 Å². The number of halogens is 3. The number of nitrogens with zero attached hydrogens (tertiary/aromatic N) is 4. The van der Waals surface area contributed by atoms with Crippen LogP contribution < -0.4 is 9.21 Å². The summed E-state index contributed by atoms with van der Waals surface area (Å²) >= 11 is 0. The van der Waals surface area contributed by atoms with Gasteiger partial charge in [0.15, 0.2) is 0 Å². The van der Waals surface area contributed by atoms with Crippen molar-refractivity contribution in [1.82, 2.24) is 9.97 Å². The average Bonchev–Trinajstić information content (AvgIpc) is 3.22. The molecule has 0 aliphatic carbocycles. The number of phenols is 1. The van der Waals surface area contributed by atoms with E-state index in [0.29, 0.717) is 46.6 Å². The molecule has 63 heavy (non-hydrogen) atoms. The predicted molar refractivity (Wildman–Crippen MR) is 231 cm³/mol. The number of hydrogen-bond donors (Lipinski definition) is 5. The Morgan fingerprint density at radius 2 is 1.41 bits per heavy atom. The number of aromatic nitrogens is 2. The molecule has 1 fully saturated rings. The minimum Gasteiger partial charge on any atom is -0.508 e. The van der Waals surface area contributed by atoms with Gasteiger partial charge in [-0.2, -0.15) is 0 Å². The molecule has 1 amide bonds. The fourth-order valence-corrected chi connectivity index (χ4v) is 7.39. The molecule has 0 spiro atoms. The van der Waals surface area contributed by atoms with E-state index in [-0.39, 0.29) is 53.5 Å². The highest BCUT2D eigenvalue weighted by atomic mass is 32.2. The number of rotatable bonds is 16. The van der Waals surface area contributed by atoms with Crippen LogP contribution in [0.1, 0.15) is 80.0 Å². The van der Waals surface area contributed by atoms with Crippen molar-refractivity contribution in [2.75, 3.05) is 22.5 Å². The highest BCUT2D eigenvalue weighted by Crippen LogP contribution is 2.46. The van der Waals surface area contributed by atoms with Crippen LogP contribution in [-0.2, 0) is 19.6 Å². The topological polar surface area (TPSA) is 202 Å². The van der Waals surface area contributed by atoms with E-state index in [1.807, 2.05) is 13.8 Å². The number of carboxylic acids is 1. The number of β-lactam (4-membered cyclic amide) rings is 1. The molecule has 2 heterocycles. The van der Waals surface area contributed by atoms with E-state index in [9.17, 15) is 51.6 Å². The number of carbonyl (C=O) groups excluding carboxylic acids is 1. The number of aliphatic carboxylic acids is 1. The minimum atomic E-state index is -3.65. The van der Waals surface area contributed by atoms with Gasteiger partial charge in [0.2, 0.25) is 21.9 Å². The van der Waals surface area contributed by atoms with E-state index in [0.717, 1.165) is 16.1 Å². The van der Waals surface area contributed by atoms with Crippen molar-refractivity contribution in [3.05, 3.63) is 143 Å². The Hall–Kier alpha value is -6.14. The molecule has 0 saturated carbocycles. The summed E-state index contributed by atoms with van der Waals surface area (Å²) < 4.78 is 65.0. The highest BCUT2D eigenvalue weighted by Gasteiger charge is 2.48. The molecular formula is C46H49F3N4O9S. The van der Waals surface area contributed by atoms with Crippen LogP contribution in [0.4, 0.5) is 24.8 Å². The lowest BCUT2D eigenvalue weighted by Gasteiger charge is -2.48. The lowest BCUT2D eigenvalue weighted by atomic mass is 9.78. The molecule has 5 N–H and O–H groups in total. The standard InChI is InChI=1S/C24H21F2NO3.C22H28FN3O6S/c25-17-5-1-15(2-6-17)22(29)14-13-21-23(16-3-11-20(28)12-4-16)27(24(21)30)19-9-7-18(26)8-10-19;1-13(2)20-18(10-9-16(27)11-17(28)12-19(29)30)21(14-5-7-15(23)8-6-14)25-22(24-20)26(3)33(4,31)32/h1-12,21-23,28-29H,13-14H2;5-10,13,16-17,27-28H,11-12H2,1-4H3,(H,29,30)/b;10-9+/t21-,22+,23-;16-,17-/m11/s1. The van der Waals surface area contributed by atoms with E-state index in [4.69, 9.17) is 5.11 Å². The Bertz CT molecular complexity index is 2490. The predicted octanol–water partition coefficient (Wildman–Crippen LogP) is 7.29. The molecule has 13 nitrogen and oxygen atoms in total. The summed E-state index contributed by atoms with van der Waals surface area (Å²) in [4.78, 5) is 34.1. The minimum absolute atomic E-state index is 0.0601. The molecule has 0 radical (unpaired) electrons. The van der Waals surface area contributed by atoms with Crippen LogP contribution in [0, 0.1) is 23.4 Å². The maximum atomic E-state index is 13.5. The maximum Gasteiger partial charge on any atom is 0.305 e. The monoisotopic (exact) mass is 890 g/mol. The number of aliphatic hydroxyl groups is 3. The van der Waals surface area contributed by atoms with Gasteiger partial charge in [0.25, 0.3) is 0 Å². The number of amides is 1. The maximum absolute atomic E-state index is 13.5. The molecular weight excluding hydrogens is 842 g/mol. The number of phenolic OH excluding ortho intramolecular Hbond substituents is 1. The molecule has 0 bridgehead atoms. The van der Waals surface area contributed by atoms with Crippen molar-refractivity contribution in [2.45, 2.75) is 69.8 Å². The fraction of sp³-hybridized carbons (Fsp3) is 0.304. The first-order valence-electron chi connectivity index (χ1n) is 19.9. The quantitative estimate of drug-likeness (QED) is 0.0623. The molecule has 0 unspecified atom stereocenters. The van der Waals surface area contributed by atoms with Gasteiger partial charge in [-0.1, -0.05) is 50.3 Å². The number of carbonyl (C=O) groups is 2. The number of anilines is 2. The van der Waals surface area contributed by atoms with Crippen LogP contribution in [0.5, 0.6) is 5.75 Å². The van der Waals surface area contributed by atoms with E-state index < -0.39 is 46.5 Å². The van der Waals surface area contributed by atoms with Crippen LogP contribution in [-0.4, -0.2) is 81.3 Å². The Labute approximate surface area is 363 Å². The summed E-state index contributed by atoms with van der Waals surface area (Å²) in [6, 6.07) is 23.2. The van der Waals surface area contributed by atoms with Crippen molar-refractivity contribution in [2.24, 2.45) is 5.92 Å². The van der Waals surface area contributed by atoms with Gasteiger partial charge in [0.1, 0.15) is 23.2 Å². The fourth-order valence-electron chi connectivity index (χ4n) is 7.01. The zero-order valence-electron chi connectivity index (χ0n) is 34.9. The normalized spacial score (nSPS) is 16.6. The van der Waals surface area contributed by atoms with Crippen LogP contribution in [0.15, 0.2) is 103 Å². The molecule has 334 valence electrons. The first-order valence-corrected chi connectivity index (χ1v) is 21.8. The van der Waals surface area contributed by atoms with Crippen molar-refractivity contribution in [3.8, 4) is 17.0 Å². The van der Waals surface area contributed by atoms with Gasteiger partial charge < -0.3 is 30.4 Å². The molecule has 4 aromatic carbocycles. The second-order valence-corrected chi connectivity index (χ2v) is 17.5. The average molecular weight is 891 g/mol. The van der Waals surface area contributed by atoms with Crippen molar-refractivity contribution >= 4 is 39.6 Å². The lowest BCUT2D eigenvalue weighted by molar-refractivity contribution is -0.139. The number of benzene rings is 4. The molecule has 1 aliphatic heterocycles. The summed E-state index contributed by atoms with van der Waals surface area (Å²) in [6.07, 6.45) is 0.825. The Morgan fingerprint density at radius 1 is 0.857 bits per heavy atom. The first-order chi connectivity index (χ1) is 29.7. The SMILES string of the molecule is CC(C)c1nc(N(C)S(C)(=O)=O)nc(-c2ccc(F)cc2)c1/C=C/[C@@H](O)C[C@@H](O)CC(=O)O.O=C1[C@H](CC[C@H](O)c2ccc(F)cc2)[C@@H](c2ccc(O)cc2)N1c1ccc(F)cc1. The molecule has 5 aromatic rings. The van der Waals surface area contributed by atoms with Crippen molar-refractivity contribution in [3.63, 3.8) is 0 Å². The van der Waals surface area contributed by atoms with E-state index in [1.54, 1.807) is 41.3 Å². The number of sulfonamides is 1. The smallest absolute Gasteiger partial charge is 0.305 e. The first kappa shape index (κ1) is 47.9.